The van der Waals surface area contributed by atoms with Gasteiger partial charge >= 0.3 is 6.18 Å². The lowest BCUT2D eigenvalue weighted by atomic mass is 10.1. The molecule has 0 radical (unpaired) electrons. The molecule has 0 bridgehead atoms. The van der Waals surface area contributed by atoms with Gasteiger partial charge in [0, 0.05) is 17.6 Å². The lowest BCUT2D eigenvalue weighted by Gasteiger charge is -2.21. The largest absolute Gasteiger partial charge is 0.421 e. The number of benzene rings is 2. The molecule has 7 nitrogen and oxygen atoms in total. The van der Waals surface area contributed by atoms with Crippen molar-refractivity contribution in [3.05, 3.63) is 71.4 Å². The first-order chi connectivity index (χ1) is 14.8. The Morgan fingerprint density at radius 3 is 2.65 bits per heavy atom. The van der Waals surface area contributed by atoms with Crippen LogP contribution in [0.25, 0.3) is 0 Å². The zero-order valence-corrected chi connectivity index (χ0v) is 16.1. The fraction of sp³-hybridized carbons (Fsp3) is 0.190. The highest BCUT2D eigenvalue weighted by atomic mass is 19.4. The van der Waals surface area contributed by atoms with Crippen molar-refractivity contribution in [2.75, 3.05) is 22.6 Å². The third-order valence-electron chi connectivity index (χ3n) is 4.78. The number of aliphatic hydroxyl groups is 1. The normalized spacial score (nSPS) is 14.0. The van der Waals surface area contributed by atoms with Crippen molar-refractivity contribution in [1.29, 1.82) is 0 Å². The predicted molar refractivity (Wildman–Crippen MR) is 109 cm³/mol. The van der Waals surface area contributed by atoms with Crippen LogP contribution < -0.4 is 16.0 Å². The second kappa shape index (κ2) is 8.23. The quantitative estimate of drug-likeness (QED) is 0.475. The van der Waals surface area contributed by atoms with Crippen LogP contribution in [0, 0.1) is 0 Å². The standard InChI is InChI=1S/C21H18F3N5O2/c22-21(23,24)15-10-25-20(26-14-6-7-16-13(8-14)9-18(31)27-16)29-19(15)28-17(11-30)12-4-2-1-3-5-12/h1-8,10,17,30H,9,11H2,(H,27,31)(H2,25,26,28,29). The first-order valence-corrected chi connectivity index (χ1v) is 9.40. The van der Waals surface area contributed by atoms with E-state index in [1.807, 2.05) is 0 Å². The topological polar surface area (TPSA) is 99.2 Å². The van der Waals surface area contributed by atoms with E-state index in [0.29, 0.717) is 23.1 Å². The van der Waals surface area contributed by atoms with Gasteiger partial charge in [-0.25, -0.2) is 4.98 Å². The van der Waals surface area contributed by atoms with E-state index >= 15 is 0 Å². The number of aromatic nitrogens is 2. The average Bonchev–Trinajstić information content (AvgIpc) is 3.11. The van der Waals surface area contributed by atoms with E-state index in [0.717, 1.165) is 5.56 Å². The van der Waals surface area contributed by atoms with E-state index in [4.69, 9.17) is 0 Å². The molecule has 2 heterocycles. The molecule has 0 aliphatic carbocycles. The van der Waals surface area contributed by atoms with Gasteiger partial charge in [-0.3, -0.25) is 4.79 Å². The third-order valence-corrected chi connectivity index (χ3v) is 4.78. The molecule has 1 aliphatic heterocycles. The summed E-state index contributed by atoms with van der Waals surface area (Å²) in [5, 5.41) is 18.0. The predicted octanol–water partition coefficient (Wildman–Crippen LogP) is 3.88. The molecule has 0 saturated heterocycles. The number of hydrogen-bond acceptors (Lipinski definition) is 6. The van der Waals surface area contributed by atoms with Crippen molar-refractivity contribution >= 4 is 29.0 Å². The van der Waals surface area contributed by atoms with Gasteiger partial charge in [-0.15, -0.1) is 0 Å². The van der Waals surface area contributed by atoms with Crippen LogP contribution in [-0.2, 0) is 17.4 Å². The van der Waals surface area contributed by atoms with E-state index in [1.165, 1.54) is 0 Å². The molecule has 10 heteroatoms. The highest BCUT2D eigenvalue weighted by Crippen LogP contribution is 2.36. The van der Waals surface area contributed by atoms with Crippen LogP contribution in [0.4, 0.5) is 36.3 Å². The van der Waals surface area contributed by atoms with Gasteiger partial charge in [0.15, 0.2) is 0 Å². The highest BCUT2D eigenvalue weighted by Gasteiger charge is 2.36. The van der Waals surface area contributed by atoms with E-state index in [2.05, 4.69) is 25.9 Å². The summed E-state index contributed by atoms with van der Waals surface area (Å²) < 4.78 is 40.5. The van der Waals surface area contributed by atoms with E-state index in [9.17, 15) is 23.1 Å². The Bertz CT molecular complexity index is 1110. The molecular formula is C21H18F3N5O2. The lowest BCUT2D eigenvalue weighted by molar-refractivity contribution is -0.137. The molecule has 1 atom stereocenters. The first kappa shape index (κ1) is 20.6. The molecule has 0 spiro atoms. The fourth-order valence-electron chi connectivity index (χ4n) is 3.28. The molecule has 1 aromatic heterocycles. The Labute approximate surface area is 175 Å². The number of rotatable bonds is 6. The summed E-state index contributed by atoms with van der Waals surface area (Å²) in [7, 11) is 0. The molecule has 1 unspecified atom stereocenters. The van der Waals surface area contributed by atoms with E-state index in [1.54, 1.807) is 48.5 Å². The minimum Gasteiger partial charge on any atom is -0.394 e. The zero-order valence-electron chi connectivity index (χ0n) is 16.1. The summed E-state index contributed by atoms with van der Waals surface area (Å²) >= 11 is 0. The van der Waals surface area contributed by atoms with Crippen molar-refractivity contribution in [3.63, 3.8) is 0 Å². The number of nitrogens with zero attached hydrogens (tertiary/aromatic N) is 2. The second-order valence-corrected chi connectivity index (χ2v) is 6.97. The Balaban J connectivity index is 1.63. The van der Waals surface area contributed by atoms with Crippen LogP contribution >= 0.6 is 0 Å². The molecule has 2 aromatic carbocycles. The Morgan fingerprint density at radius 2 is 1.94 bits per heavy atom. The van der Waals surface area contributed by atoms with Gasteiger partial charge in [0.05, 0.1) is 19.1 Å². The SMILES string of the molecule is O=C1Cc2cc(Nc3ncc(C(F)(F)F)c(NC(CO)c4ccccc4)n3)ccc2N1. The van der Waals surface area contributed by atoms with E-state index < -0.39 is 30.2 Å². The molecule has 0 saturated carbocycles. The van der Waals surface area contributed by atoms with Crippen molar-refractivity contribution < 1.29 is 23.1 Å². The number of anilines is 4. The van der Waals surface area contributed by atoms with Gasteiger partial charge in [0.25, 0.3) is 0 Å². The van der Waals surface area contributed by atoms with E-state index in [-0.39, 0.29) is 18.3 Å². The molecule has 31 heavy (non-hydrogen) atoms. The number of alkyl halides is 3. The Morgan fingerprint density at radius 1 is 1.16 bits per heavy atom. The summed E-state index contributed by atoms with van der Waals surface area (Å²) in [5.41, 5.74) is 1.56. The summed E-state index contributed by atoms with van der Waals surface area (Å²) in [6.07, 6.45) is -3.77. The van der Waals surface area contributed by atoms with Crippen LogP contribution in [0.15, 0.2) is 54.7 Å². The smallest absolute Gasteiger partial charge is 0.394 e. The van der Waals surface area contributed by atoms with Crippen LogP contribution in [0.2, 0.25) is 0 Å². The van der Waals surface area contributed by atoms with Gasteiger partial charge in [0.1, 0.15) is 11.4 Å². The lowest BCUT2D eigenvalue weighted by Crippen LogP contribution is -2.20. The zero-order chi connectivity index (χ0) is 22.0. The third kappa shape index (κ3) is 4.58. The summed E-state index contributed by atoms with van der Waals surface area (Å²) in [5.74, 6) is -0.635. The Hall–Kier alpha value is -3.66. The van der Waals surface area contributed by atoms with Crippen LogP contribution in [0.5, 0.6) is 0 Å². The minimum absolute atomic E-state index is 0.0579. The number of halogens is 3. The molecule has 1 amide bonds. The maximum absolute atomic E-state index is 13.5. The molecular weight excluding hydrogens is 411 g/mol. The van der Waals surface area contributed by atoms with Crippen molar-refractivity contribution in [3.8, 4) is 0 Å². The highest BCUT2D eigenvalue weighted by molar-refractivity contribution is 5.99. The maximum atomic E-state index is 13.5. The monoisotopic (exact) mass is 429 g/mol. The maximum Gasteiger partial charge on any atom is 0.421 e. The minimum atomic E-state index is -4.68. The molecule has 3 aromatic rings. The number of carbonyl (C=O) groups excluding carboxylic acids is 1. The molecule has 160 valence electrons. The number of nitrogens with one attached hydrogen (secondary N) is 3. The van der Waals surface area contributed by atoms with Crippen molar-refractivity contribution in [1.82, 2.24) is 9.97 Å². The van der Waals surface area contributed by atoms with Crippen molar-refractivity contribution in [2.24, 2.45) is 0 Å². The number of hydrogen-bond donors (Lipinski definition) is 4. The van der Waals surface area contributed by atoms with Gasteiger partial charge in [-0.1, -0.05) is 30.3 Å². The fourth-order valence-corrected chi connectivity index (χ4v) is 3.28. The summed E-state index contributed by atoms with van der Waals surface area (Å²) in [6, 6.07) is 12.9. The number of carbonyl (C=O) groups is 1. The molecule has 0 fully saturated rings. The van der Waals surface area contributed by atoms with Crippen LogP contribution in [-0.4, -0.2) is 27.6 Å². The number of fused-ring (bicyclic) bond motifs is 1. The second-order valence-electron chi connectivity index (χ2n) is 6.97. The number of aliphatic hydroxyl groups excluding tert-OH is 1. The Kier molecular flexibility index (Phi) is 5.47. The summed E-state index contributed by atoms with van der Waals surface area (Å²) in [4.78, 5) is 19.3. The molecule has 4 N–H and O–H groups in total. The van der Waals surface area contributed by atoms with Gasteiger partial charge in [-0.2, -0.15) is 18.2 Å². The average molecular weight is 429 g/mol. The van der Waals surface area contributed by atoms with Gasteiger partial charge in [0.2, 0.25) is 11.9 Å². The molecule has 1 aliphatic rings. The van der Waals surface area contributed by atoms with Gasteiger partial charge < -0.3 is 21.1 Å². The number of amides is 1. The van der Waals surface area contributed by atoms with Gasteiger partial charge in [-0.05, 0) is 29.3 Å². The van der Waals surface area contributed by atoms with Crippen LogP contribution in [0.3, 0.4) is 0 Å². The van der Waals surface area contributed by atoms with Crippen LogP contribution in [0.1, 0.15) is 22.7 Å². The summed E-state index contributed by atoms with van der Waals surface area (Å²) in [6.45, 7) is -0.431. The first-order valence-electron chi connectivity index (χ1n) is 9.40. The molecule has 4 rings (SSSR count). The van der Waals surface area contributed by atoms with Crippen molar-refractivity contribution in [2.45, 2.75) is 18.6 Å².